The standard InChI is InChI=1S/C18H25N3/c1-5-16-6-7-17(20-12-16)13-21(4)15(3)11-18-10-14(2)8-9-19-18/h6-10,12,15H,5,11,13H2,1-4H3. The van der Waals surface area contributed by atoms with Gasteiger partial charge in [0, 0.05) is 37.1 Å². The molecule has 0 aliphatic carbocycles. The van der Waals surface area contributed by atoms with E-state index >= 15 is 0 Å². The third-order valence-corrected chi connectivity index (χ3v) is 3.93. The molecule has 0 saturated heterocycles. The maximum Gasteiger partial charge on any atom is 0.0544 e. The fourth-order valence-electron chi connectivity index (χ4n) is 2.34. The Kier molecular flexibility index (Phi) is 5.45. The summed E-state index contributed by atoms with van der Waals surface area (Å²) < 4.78 is 0. The van der Waals surface area contributed by atoms with E-state index in [0.717, 1.165) is 30.8 Å². The second kappa shape index (κ2) is 7.32. The monoisotopic (exact) mass is 283 g/mol. The maximum atomic E-state index is 4.54. The molecule has 21 heavy (non-hydrogen) atoms. The largest absolute Gasteiger partial charge is 0.297 e. The summed E-state index contributed by atoms with van der Waals surface area (Å²) in [5.41, 5.74) is 4.84. The van der Waals surface area contributed by atoms with Gasteiger partial charge < -0.3 is 0 Å². The van der Waals surface area contributed by atoms with Crippen molar-refractivity contribution >= 4 is 0 Å². The Morgan fingerprint density at radius 1 is 1.14 bits per heavy atom. The lowest BCUT2D eigenvalue weighted by Crippen LogP contribution is -2.31. The molecule has 1 unspecified atom stereocenters. The van der Waals surface area contributed by atoms with Crippen molar-refractivity contribution in [2.24, 2.45) is 0 Å². The molecule has 0 aliphatic rings. The predicted octanol–water partition coefficient (Wildman–Crippen LogP) is 3.41. The minimum absolute atomic E-state index is 0.437. The van der Waals surface area contributed by atoms with Gasteiger partial charge in [0.25, 0.3) is 0 Å². The lowest BCUT2D eigenvalue weighted by atomic mass is 10.1. The molecule has 2 aromatic rings. The van der Waals surface area contributed by atoms with Crippen LogP contribution in [0.3, 0.4) is 0 Å². The van der Waals surface area contributed by atoms with Gasteiger partial charge in [-0.15, -0.1) is 0 Å². The molecule has 0 bridgehead atoms. The first-order chi connectivity index (χ1) is 10.1. The minimum Gasteiger partial charge on any atom is -0.297 e. The number of nitrogens with zero attached hydrogens (tertiary/aromatic N) is 3. The topological polar surface area (TPSA) is 29.0 Å². The minimum atomic E-state index is 0.437. The Balaban J connectivity index is 1.93. The van der Waals surface area contributed by atoms with Gasteiger partial charge in [-0.3, -0.25) is 14.9 Å². The molecule has 2 aromatic heterocycles. The summed E-state index contributed by atoms with van der Waals surface area (Å²) in [5.74, 6) is 0. The molecule has 2 rings (SSSR count). The Bertz CT molecular complexity index is 563. The number of aromatic nitrogens is 2. The van der Waals surface area contributed by atoms with Gasteiger partial charge in [-0.05, 0) is 56.6 Å². The Morgan fingerprint density at radius 3 is 2.57 bits per heavy atom. The summed E-state index contributed by atoms with van der Waals surface area (Å²) >= 11 is 0. The summed E-state index contributed by atoms with van der Waals surface area (Å²) in [7, 11) is 2.15. The van der Waals surface area contributed by atoms with E-state index in [-0.39, 0.29) is 0 Å². The fourth-order valence-corrected chi connectivity index (χ4v) is 2.34. The molecule has 0 aromatic carbocycles. The second-order valence-electron chi connectivity index (χ2n) is 5.80. The van der Waals surface area contributed by atoms with E-state index in [1.807, 2.05) is 18.5 Å². The van der Waals surface area contributed by atoms with Gasteiger partial charge in [0.2, 0.25) is 0 Å². The maximum absolute atomic E-state index is 4.54. The lowest BCUT2D eigenvalue weighted by molar-refractivity contribution is 0.244. The average molecular weight is 283 g/mol. The molecule has 0 aliphatic heterocycles. The number of aryl methyl sites for hydroxylation is 2. The molecule has 0 radical (unpaired) electrons. The molecule has 0 saturated carbocycles. The zero-order valence-electron chi connectivity index (χ0n) is 13.5. The van der Waals surface area contributed by atoms with Crippen molar-refractivity contribution in [3.8, 4) is 0 Å². The van der Waals surface area contributed by atoms with E-state index in [1.165, 1.54) is 11.1 Å². The van der Waals surface area contributed by atoms with E-state index in [2.05, 4.69) is 60.9 Å². The zero-order chi connectivity index (χ0) is 15.2. The molecule has 3 nitrogen and oxygen atoms in total. The van der Waals surface area contributed by atoms with Crippen LogP contribution in [0.1, 0.15) is 36.4 Å². The molecule has 0 N–H and O–H groups in total. The van der Waals surface area contributed by atoms with Crippen LogP contribution in [0.5, 0.6) is 0 Å². The highest BCUT2D eigenvalue weighted by atomic mass is 15.1. The van der Waals surface area contributed by atoms with Crippen LogP contribution in [0.2, 0.25) is 0 Å². The Morgan fingerprint density at radius 2 is 1.95 bits per heavy atom. The molecular formula is C18H25N3. The van der Waals surface area contributed by atoms with Crippen molar-refractivity contribution < 1.29 is 0 Å². The highest BCUT2D eigenvalue weighted by molar-refractivity contribution is 5.16. The molecule has 0 amide bonds. The molecule has 0 fully saturated rings. The SMILES string of the molecule is CCc1ccc(CN(C)C(C)Cc2cc(C)ccn2)nc1. The quantitative estimate of drug-likeness (QED) is 0.813. The Hall–Kier alpha value is -1.74. The smallest absolute Gasteiger partial charge is 0.0544 e. The Labute approximate surface area is 128 Å². The van der Waals surface area contributed by atoms with E-state index in [9.17, 15) is 0 Å². The summed E-state index contributed by atoms with van der Waals surface area (Å²) in [5, 5.41) is 0. The predicted molar refractivity (Wildman–Crippen MR) is 87.2 cm³/mol. The van der Waals surface area contributed by atoms with Gasteiger partial charge in [-0.1, -0.05) is 13.0 Å². The number of hydrogen-bond acceptors (Lipinski definition) is 3. The van der Waals surface area contributed by atoms with Crippen molar-refractivity contribution in [3.63, 3.8) is 0 Å². The molecule has 112 valence electrons. The zero-order valence-corrected chi connectivity index (χ0v) is 13.5. The van der Waals surface area contributed by atoms with Gasteiger partial charge in [-0.2, -0.15) is 0 Å². The van der Waals surface area contributed by atoms with Gasteiger partial charge in [0.15, 0.2) is 0 Å². The van der Waals surface area contributed by atoms with E-state index in [1.54, 1.807) is 0 Å². The first-order valence-electron chi connectivity index (χ1n) is 7.64. The number of rotatable bonds is 6. The van der Waals surface area contributed by atoms with Gasteiger partial charge >= 0.3 is 0 Å². The average Bonchev–Trinajstić information content (AvgIpc) is 2.48. The first kappa shape index (κ1) is 15.6. The molecule has 3 heteroatoms. The van der Waals surface area contributed by atoms with Crippen molar-refractivity contribution in [2.75, 3.05) is 7.05 Å². The third-order valence-electron chi connectivity index (χ3n) is 3.93. The third kappa shape index (κ3) is 4.64. The van der Waals surface area contributed by atoms with Crippen LogP contribution in [-0.2, 0) is 19.4 Å². The van der Waals surface area contributed by atoms with Crippen LogP contribution in [0.15, 0.2) is 36.7 Å². The molecular weight excluding hydrogens is 258 g/mol. The summed E-state index contributed by atoms with van der Waals surface area (Å²) in [6.45, 7) is 7.37. The number of pyridine rings is 2. The molecule has 0 spiro atoms. The van der Waals surface area contributed by atoms with Gasteiger partial charge in [0.1, 0.15) is 0 Å². The van der Waals surface area contributed by atoms with Crippen LogP contribution in [-0.4, -0.2) is 28.0 Å². The fraction of sp³-hybridized carbons (Fsp3) is 0.444. The van der Waals surface area contributed by atoms with E-state index in [0.29, 0.717) is 6.04 Å². The summed E-state index contributed by atoms with van der Waals surface area (Å²) in [6, 6.07) is 8.94. The first-order valence-corrected chi connectivity index (χ1v) is 7.64. The van der Waals surface area contributed by atoms with E-state index in [4.69, 9.17) is 0 Å². The summed E-state index contributed by atoms with van der Waals surface area (Å²) in [6.07, 6.45) is 5.88. The van der Waals surface area contributed by atoms with E-state index < -0.39 is 0 Å². The van der Waals surface area contributed by atoms with Crippen LogP contribution < -0.4 is 0 Å². The van der Waals surface area contributed by atoms with Crippen LogP contribution in [0, 0.1) is 6.92 Å². The molecule has 2 heterocycles. The number of hydrogen-bond donors (Lipinski definition) is 0. The second-order valence-corrected chi connectivity index (χ2v) is 5.80. The van der Waals surface area contributed by atoms with Crippen molar-refractivity contribution in [3.05, 3.63) is 59.2 Å². The summed E-state index contributed by atoms with van der Waals surface area (Å²) in [4.78, 5) is 11.3. The van der Waals surface area contributed by atoms with Crippen molar-refractivity contribution in [2.45, 2.75) is 46.2 Å². The van der Waals surface area contributed by atoms with Crippen LogP contribution >= 0.6 is 0 Å². The highest BCUT2D eigenvalue weighted by Crippen LogP contribution is 2.10. The van der Waals surface area contributed by atoms with Crippen molar-refractivity contribution in [1.29, 1.82) is 0 Å². The number of likely N-dealkylation sites (N-methyl/N-ethyl adjacent to an activating group) is 1. The highest BCUT2D eigenvalue weighted by Gasteiger charge is 2.12. The van der Waals surface area contributed by atoms with Gasteiger partial charge in [0.05, 0.1) is 5.69 Å². The normalized spacial score (nSPS) is 12.6. The molecule has 1 atom stereocenters. The van der Waals surface area contributed by atoms with Crippen LogP contribution in [0.4, 0.5) is 0 Å². The lowest BCUT2D eigenvalue weighted by Gasteiger charge is -2.24. The van der Waals surface area contributed by atoms with Gasteiger partial charge in [-0.25, -0.2) is 0 Å². The van der Waals surface area contributed by atoms with Crippen molar-refractivity contribution in [1.82, 2.24) is 14.9 Å². The van der Waals surface area contributed by atoms with Crippen LogP contribution in [0.25, 0.3) is 0 Å².